The summed E-state index contributed by atoms with van der Waals surface area (Å²) in [5.41, 5.74) is 3.26. The summed E-state index contributed by atoms with van der Waals surface area (Å²) in [6.07, 6.45) is 4.61. The molecule has 0 spiro atoms. The molecule has 0 N–H and O–H groups in total. The molecular formula is C23H23ClN2O2. The SMILES string of the molecule is Cc1ccc(C2CCCN2C(=O)CCc2ncc(-c3ccccc3Cl)o2)cc1. The molecule has 2 aromatic carbocycles. The van der Waals surface area contributed by atoms with E-state index in [1.807, 2.05) is 29.2 Å². The number of benzene rings is 2. The van der Waals surface area contributed by atoms with E-state index in [2.05, 4.69) is 36.2 Å². The number of hydrogen-bond acceptors (Lipinski definition) is 3. The number of hydrogen-bond donors (Lipinski definition) is 0. The molecule has 4 rings (SSSR count). The molecule has 0 radical (unpaired) electrons. The van der Waals surface area contributed by atoms with Crippen LogP contribution in [0.2, 0.25) is 5.02 Å². The van der Waals surface area contributed by atoms with E-state index in [1.54, 1.807) is 6.20 Å². The average Bonchev–Trinajstić information content (AvgIpc) is 3.37. The topological polar surface area (TPSA) is 46.3 Å². The molecule has 1 atom stereocenters. The first-order chi connectivity index (χ1) is 13.6. The van der Waals surface area contributed by atoms with Gasteiger partial charge in [0.2, 0.25) is 5.91 Å². The Kier molecular flexibility index (Phi) is 5.49. The van der Waals surface area contributed by atoms with Crippen LogP contribution in [0.3, 0.4) is 0 Å². The van der Waals surface area contributed by atoms with Crippen molar-refractivity contribution in [3.8, 4) is 11.3 Å². The molecule has 1 unspecified atom stereocenters. The molecule has 1 aliphatic heterocycles. The molecule has 1 aromatic heterocycles. The van der Waals surface area contributed by atoms with Gasteiger partial charge < -0.3 is 9.32 Å². The van der Waals surface area contributed by atoms with Gasteiger partial charge in [-0.15, -0.1) is 0 Å². The second kappa shape index (κ2) is 8.19. The highest BCUT2D eigenvalue weighted by atomic mass is 35.5. The summed E-state index contributed by atoms with van der Waals surface area (Å²) in [4.78, 5) is 19.2. The monoisotopic (exact) mass is 394 g/mol. The maximum Gasteiger partial charge on any atom is 0.223 e. The zero-order valence-corrected chi connectivity index (χ0v) is 16.7. The van der Waals surface area contributed by atoms with E-state index in [9.17, 15) is 4.79 Å². The molecule has 1 fully saturated rings. The van der Waals surface area contributed by atoms with Crippen molar-refractivity contribution in [3.05, 3.63) is 76.8 Å². The molecule has 0 aliphatic carbocycles. The van der Waals surface area contributed by atoms with Gasteiger partial charge in [0.15, 0.2) is 11.7 Å². The lowest BCUT2D eigenvalue weighted by molar-refractivity contribution is -0.132. The molecule has 1 aliphatic rings. The number of oxazole rings is 1. The van der Waals surface area contributed by atoms with Gasteiger partial charge in [-0.1, -0.05) is 53.6 Å². The van der Waals surface area contributed by atoms with Crippen LogP contribution in [-0.4, -0.2) is 22.3 Å². The summed E-state index contributed by atoms with van der Waals surface area (Å²) in [6, 6.07) is 16.2. The van der Waals surface area contributed by atoms with Gasteiger partial charge in [-0.3, -0.25) is 4.79 Å². The molecule has 1 saturated heterocycles. The Hall–Kier alpha value is -2.59. The second-order valence-electron chi connectivity index (χ2n) is 7.25. The third kappa shape index (κ3) is 3.97. The van der Waals surface area contributed by atoms with Crippen molar-refractivity contribution < 1.29 is 9.21 Å². The smallest absolute Gasteiger partial charge is 0.223 e. The van der Waals surface area contributed by atoms with Gasteiger partial charge in [0.25, 0.3) is 0 Å². The number of halogens is 1. The van der Waals surface area contributed by atoms with Crippen molar-refractivity contribution in [2.45, 2.75) is 38.6 Å². The number of amides is 1. The van der Waals surface area contributed by atoms with Crippen molar-refractivity contribution in [1.29, 1.82) is 0 Å². The number of likely N-dealkylation sites (tertiary alicyclic amines) is 1. The lowest BCUT2D eigenvalue weighted by Crippen LogP contribution is -2.30. The van der Waals surface area contributed by atoms with Crippen molar-refractivity contribution in [2.75, 3.05) is 6.54 Å². The number of nitrogens with zero attached hydrogens (tertiary/aromatic N) is 2. The average molecular weight is 395 g/mol. The summed E-state index contributed by atoms with van der Waals surface area (Å²) in [5.74, 6) is 1.35. The van der Waals surface area contributed by atoms with E-state index in [1.165, 1.54) is 11.1 Å². The van der Waals surface area contributed by atoms with Crippen molar-refractivity contribution in [2.24, 2.45) is 0 Å². The van der Waals surface area contributed by atoms with E-state index in [-0.39, 0.29) is 11.9 Å². The quantitative estimate of drug-likeness (QED) is 0.565. The maximum absolute atomic E-state index is 12.8. The normalized spacial score (nSPS) is 16.5. The summed E-state index contributed by atoms with van der Waals surface area (Å²) < 4.78 is 5.82. The van der Waals surface area contributed by atoms with Gasteiger partial charge in [0.1, 0.15) is 0 Å². The van der Waals surface area contributed by atoms with Crippen LogP contribution >= 0.6 is 11.6 Å². The molecule has 144 valence electrons. The minimum Gasteiger partial charge on any atom is -0.441 e. The van der Waals surface area contributed by atoms with Crippen molar-refractivity contribution in [1.82, 2.24) is 9.88 Å². The van der Waals surface area contributed by atoms with Gasteiger partial charge in [0.05, 0.1) is 17.3 Å². The lowest BCUT2D eigenvalue weighted by atomic mass is 10.0. The van der Waals surface area contributed by atoms with Crippen LogP contribution in [-0.2, 0) is 11.2 Å². The predicted octanol–water partition coefficient (Wildman–Crippen LogP) is 5.60. The Bertz CT molecular complexity index is 965. The van der Waals surface area contributed by atoms with E-state index in [0.717, 1.165) is 24.9 Å². The minimum absolute atomic E-state index is 0.153. The van der Waals surface area contributed by atoms with Gasteiger partial charge in [-0.2, -0.15) is 0 Å². The van der Waals surface area contributed by atoms with Crippen LogP contribution in [0.25, 0.3) is 11.3 Å². The summed E-state index contributed by atoms with van der Waals surface area (Å²) in [7, 11) is 0. The van der Waals surface area contributed by atoms with Crippen molar-refractivity contribution >= 4 is 17.5 Å². The number of aromatic nitrogens is 1. The highest BCUT2D eigenvalue weighted by molar-refractivity contribution is 6.33. The Balaban J connectivity index is 1.40. The van der Waals surface area contributed by atoms with E-state index in [0.29, 0.717) is 29.5 Å². The predicted molar refractivity (Wildman–Crippen MR) is 110 cm³/mol. The number of carbonyl (C=O) groups is 1. The zero-order valence-electron chi connectivity index (χ0n) is 15.9. The molecule has 1 amide bonds. The van der Waals surface area contributed by atoms with Crippen LogP contribution in [0.5, 0.6) is 0 Å². The Morgan fingerprint density at radius 2 is 2.00 bits per heavy atom. The molecule has 28 heavy (non-hydrogen) atoms. The van der Waals surface area contributed by atoms with Crippen LogP contribution in [0, 0.1) is 6.92 Å². The molecular weight excluding hydrogens is 372 g/mol. The maximum atomic E-state index is 12.8. The molecule has 5 heteroatoms. The molecule has 3 aromatic rings. The largest absolute Gasteiger partial charge is 0.441 e. The highest BCUT2D eigenvalue weighted by Gasteiger charge is 2.29. The summed E-state index contributed by atoms with van der Waals surface area (Å²) in [5, 5.41) is 0.624. The highest BCUT2D eigenvalue weighted by Crippen LogP contribution is 2.33. The third-order valence-electron chi connectivity index (χ3n) is 5.28. The van der Waals surface area contributed by atoms with Gasteiger partial charge >= 0.3 is 0 Å². The minimum atomic E-state index is 0.153. The Morgan fingerprint density at radius 3 is 2.79 bits per heavy atom. The molecule has 4 nitrogen and oxygen atoms in total. The first kappa shape index (κ1) is 18.8. The standard InChI is InChI=1S/C23H23ClN2O2/c1-16-8-10-17(11-9-16)20-7-4-14-26(20)23(27)13-12-22-25-15-21(28-22)18-5-2-3-6-19(18)24/h2-3,5-6,8-11,15,20H,4,7,12-14H2,1H3. The summed E-state index contributed by atoms with van der Waals surface area (Å²) in [6.45, 7) is 2.89. The molecule has 0 bridgehead atoms. The molecule has 2 heterocycles. The lowest BCUT2D eigenvalue weighted by Gasteiger charge is -2.25. The van der Waals surface area contributed by atoms with E-state index >= 15 is 0 Å². The van der Waals surface area contributed by atoms with Crippen LogP contribution in [0.15, 0.2) is 59.1 Å². The fraction of sp³-hybridized carbons (Fsp3) is 0.304. The van der Waals surface area contributed by atoms with Gasteiger partial charge in [-0.25, -0.2) is 4.98 Å². The van der Waals surface area contributed by atoms with Crippen LogP contribution in [0.4, 0.5) is 0 Å². The fourth-order valence-electron chi connectivity index (χ4n) is 3.77. The van der Waals surface area contributed by atoms with Crippen LogP contribution in [0.1, 0.15) is 42.3 Å². The first-order valence-electron chi connectivity index (χ1n) is 9.67. The summed E-state index contributed by atoms with van der Waals surface area (Å²) >= 11 is 6.22. The fourth-order valence-corrected chi connectivity index (χ4v) is 4.00. The van der Waals surface area contributed by atoms with E-state index in [4.69, 9.17) is 16.0 Å². The van der Waals surface area contributed by atoms with Gasteiger partial charge in [0, 0.05) is 24.9 Å². The van der Waals surface area contributed by atoms with E-state index < -0.39 is 0 Å². The number of carbonyl (C=O) groups excluding carboxylic acids is 1. The van der Waals surface area contributed by atoms with Crippen LogP contribution < -0.4 is 0 Å². The second-order valence-corrected chi connectivity index (χ2v) is 7.66. The Morgan fingerprint density at radius 1 is 1.21 bits per heavy atom. The third-order valence-corrected chi connectivity index (χ3v) is 5.61. The van der Waals surface area contributed by atoms with Gasteiger partial charge in [-0.05, 0) is 37.5 Å². The first-order valence-corrected chi connectivity index (χ1v) is 10.1. The zero-order chi connectivity index (χ0) is 19.5. The Labute approximate surface area is 170 Å². The number of rotatable bonds is 5. The van der Waals surface area contributed by atoms with Crippen molar-refractivity contribution in [3.63, 3.8) is 0 Å². The number of aryl methyl sites for hydroxylation is 2. The molecule has 0 saturated carbocycles.